The molecule has 2 aliphatic heterocycles. The molecule has 3 nitrogen and oxygen atoms in total. The molecule has 0 aromatic rings. The number of hydrogen-bond acceptors (Lipinski definition) is 2. The standard InChI is InChI=1S/C16H30N2O.ClH/c1-13(2)14-5-4-11-18(12-9-14)16(19)8-7-15-6-3-10-17-15;/h13-15,17H,3-12H2,1-2H3;1H. The molecule has 0 radical (unpaired) electrons. The highest BCUT2D eigenvalue weighted by atomic mass is 35.5. The maximum Gasteiger partial charge on any atom is 0.222 e. The topological polar surface area (TPSA) is 32.3 Å². The highest BCUT2D eigenvalue weighted by Gasteiger charge is 2.23. The van der Waals surface area contributed by atoms with E-state index in [2.05, 4.69) is 24.1 Å². The smallest absolute Gasteiger partial charge is 0.222 e. The number of hydrogen-bond donors (Lipinski definition) is 1. The molecular formula is C16H31ClN2O. The fraction of sp³-hybridized carbons (Fsp3) is 0.938. The minimum atomic E-state index is 0. The zero-order chi connectivity index (χ0) is 13.7. The van der Waals surface area contributed by atoms with Crippen LogP contribution in [0.1, 0.15) is 58.8 Å². The summed E-state index contributed by atoms with van der Waals surface area (Å²) in [6, 6.07) is 0.597. The second-order valence-electron chi connectivity index (χ2n) is 6.65. The molecule has 0 saturated carbocycles. The van der Waals surface area contributed by atoms with E-state index in [0.717, 1.165) is 44.3 Å². The second-order valence-corrected chi connectivity index (χ2v) is 6.65. The van der Waals surface area contributed by atoms with Gasteiger partial charge in [-0.25, -0.2) is 0 Å². The van der Waals surface area contributed by atoms with E-state index in [1.54, 1.807) is 0 Å². The molecule has 2 aliphatic rings. The summed E-state index contributed by atoms with van der Waals surface area (Å²) in [6.45, 7) is 7.74. The zero-order valence-electron chi connectivity index (χ0n) is 13.1. The number of carbonyl (C=O) groups is 1. The average molecular weight is 303 g/mol. The first-order valence-corrected chi connectivity index (χ1v) is 8.18. The van der Waals surface area contributed by atoms with E-state index in [1.165, 1.54) is 32.1 Å². The number of nitrogens with one attached hydrogen (secondary N) is 1. The number of carbonyl (C=O) groups excluding carboxylic acids is 1. The van der Waals surface area contributed by atoms with E-state index < -0.39 is 0 Å². The summed E-state index contributed by atoms with van der Waals surface area (Å²) >= 11 is 0. The predicted octanol–water partition coefficient (Wildman–Crippen LogP) is 3.23. The van der Waals surface area contributed by atoms with Crippen LogP contribution in [0, 0.1) is 11.8 Å². The van der Waals surface area contributed by atoms with Crippen LogP contribution in [0.3, 0.4) is 0 Å². The first kappa shape index (κ1) is 17.8. The number of amides is 1. The van der Waals surface area contributed by atoms with E-state index in [-0.39, 0.29) is 12.4 Å². The highest BCUT2D eigenvalue weighted by Crippen LogP contribution is 2.25. The Bertz CT molecular complexity index is 290. The Kier molecular flexibility index (Phi) is 7.90. The monoisotopic (exact) mass is 302 g/mol. The maximum atomic E-state index is 12.3. The average Bonchev–Trinajstić information content (AvgIpc) is 2.77. The van der Waals surface area contributed by atoms with Crippen molar-refractivity contribution in [3.63, 3.8) is 0 Å². The van der Waals surface area contributed by atoms with Crippen molar-refractivity contribution in [1.29, 1.82) is 0 Å². The van der Waals surface area contributed by atoms with Gasteiger partial charge in [-0.15, -0.1) is 12.4 Å². The van der Waals surface area contributed by atoms with Gasteiger partial charge < -0.3 is 10.2 Å². The van der Waals surface area contributed by atoms with E-state index in [0.29, 0.717) is 11.9 Å². The van der Waals surface area contributed by atoms with Crippen molar-refractivity contribution < 1.29 is 4.79 Å². The van der Waals surface area contributed by atoms with Crippen LogP contribution < -0.4 is 5.32 Å². The fourth-order valence-electron chi connectivity index (χ4n) is 3.50. The van der Waals surface area contributed by atoms with Crippen molar-refractivity contribution in [2.45, 2.75) is 64.8 Å². The molecule has 1 N–H and O–H groups in total. The van der Waals surface area contributed by atoms with E-state index >= 15 is 0 Å². The molecule has 2 fully saturated rings. The van der Waals surface area contributed by atoms with Crippen LogP contribution in [-0.4, -0.2) is 36.5 Å². The van der Waals surface area contributed by atoms with Gasteiger partial charge in [-0.1, -0.05) is 13.8 Å². The van der Waals surface area contributed by atoms with Crippen molar-refractivity contribution in [1.82, 2.24) is 10.2 Å². The lowest BCUT2D eigenvalue weighted by molar-refractivity contribution is -0.131. The lowest BCUT2D eigenvalue weighted by Crippen LogP contribution is -2.33. The van der Waals surface area contributed by atoms with Crippen molar-refractivity contribution >= 4 is 18.3 Å². The Labute approximate surface area is 130 Å². The third kappa shape index (κ3) is 5.25. The maximum absolute atomic E-state index is 12.3. The number of halogens is 1. The van der Waals surface area contributed by atoms with Gasteiger partial charge in [0.1, 0.15) is 0 Å². The summed E-state index contributed by atoms with van der Waals surface area (Å²) in [6.07, 6.45) is 7.99. The minimum absolute atomic E-state index is 0. The predicted molar refractivity (Wildman–Crippen MR) is 86.3 cm³/mol. The summed E-state index contributed by atoms with van der Waals surface area (Å²) in [5.41, 5.74) is 0. The summed E-state index contributed by atoms with van der Waals surface area (Å²) in [7, 11) is 0. The van der Waals surface area contributed by atoms with Crippen LogP contribution in [0.2, 0.25) is 0 Å². The van der Waals surface area contributed by atoms with E-state index in [9.17, 15) is 4.79 Å². The van der Waals surface area contributed by atoms with Gasteiger partial charge in [-0.2, -0.15) is 0 Å². The van der Waals surface area contributed by atoms with Crippen LogP contribution in [0.25, 0.3) is 0 Å². The van der Waals surface area contributed by atoms with Gasteiger partial charge in [0.2, 0.25) is 5.91 Å². The summed E-state index contributed by atoms with van der Waals surface area (Å²) in [5.74, 6) is 1.96. The van der Waals surface area contributed by atoms with Crippen molar-refractivity contribution in [2.24, 2.45) is 11.8 Å². The minimum Gasteiger partial charge on any atom is -0.343 e. The molecule has 0 aromatic heterocycles. The third-order valence-electron chi connectivity index (χ3n) is 4.94. The molecule has 2 rings (SSSR count). The Morgan fingerprint density at radius 1 is 1.20 bits per heavy atom. The van der Waals surface area contributed by atoms with Crippen molar-refractivity contribution in [2.75, 3.05) is 19.6 Å². The Balaban J connectivity index is 0.00000200. The first-order chi connectivity index (χ1) is 9.16. The van der Waals surface area contributed by atoms with Gasteiger partial charge in [0.15, 0.2) is 0 Å². The van der Waals surface area contributed by atoms with Crippen LogP contribution in [-0.2, 0) is 4.79 Å². The molecular weight excluding hydrogens is 272 g/mol. The Morgan fingerprint density at radius 3 is 2.65 bits per heavy atom. The highest BCUT2D eigenvalue weighted by molar-refractivity contribution is 5.85. The SMILES string of the molecule is CC(C)C1CCCN(C(=O)CCC2CCCN2)CC1.Cl. The molecule has 2 atom stereocenters. The van der Waals surface area contributed by atoms with Crippen molar-refractivity contribution in [3.05, 3.63) is 0 Å². The lowest BCUT2D eigenvalue weighted by Gasteiger charge is -2.22. The van der Waals surface area contributed by atoms with Gasteiger partial charge in [0.05, 0.1) is 0 Å². The van der Waals surface area contributed by atoms with E-state index in [4.69, 9.17) is 0 Å². The molecule has 2 unspecified atom stereocenters. The molecule has 0 aliphatic carbocycles. The molecule has 0 aromatic carbocycles. The van der Waals surface area contributed by atoms with Crippen LogP contribution in [0.15, 0.2) is 0 Å². The largest absolute Gasteiger partial charge is 0.343 e. The van der Waals surface area contributed by atoms with Crippen LogP contribution in [0.4, 0.5) is 0 Å². The number of likely N-dealkylation sites (tertiary alicyclic amines) is 1. The molecule has 0 spiro atoms. The van der Waals surface area contributed by atoms with Gasteiger partial charge in [-0.3, -0.25) is 4.79 Å². The Morgan fingerprint density at radius 2 is 2.00 bits per heavy atom. The van der Waals surface area contributed by atoms with Crippen molar-refractivity contribution in [3.8, 4) is 0 Å². The fourth-order valence-corrected chi connectivity index (χ4v) is 3.50. The summed E-state index contributed by atoms with van der Waals surface area (Å²) in [5, 5.41) is 3.48. The molecule has 2 heterocycles. The second kappa shape index (κ2) is 8.89. The Hall–Kier alpha value is -0.280. The molecule has 4 heteroatoms. The van der Waals surface area contributed by atoms with Gasteiger partial charge >= 0.3 is 0 Å². The molecule has 2 saturated heterocycles. The molecule has 20 heavy (non-hydrogen) atoms. The number of rotatable bonds is 4. The quantitative estimate of drug-likeness (QED) is 0.865. The zero-order valence-corrected chi connectivity index (χ0v) is 13.9. The molecule has 118 valence electrons. The van der Waals surface area contributed by atoms with Crippen LogP contribution >= 0.6 is 12.4 Å². The molecule has 0 bridgehead atoms. The van der Waals surface area contributed by atoms with Gasteiger partial charge in [-0.05, 0) is 56.9 Å². The van der Waals surface area contributed by atoms with Gasteiger partial charge in [0, 0.05) is 25.6 Å². The van der Waals surface area contributed by atoms with Crippen LogP contribution in [0.5, 0.6) is 0 Å². The van der Waals surface area contributed by atoms with Gasteiger partial charge in [0.25, 0.3) is 0 Å². The molecule has 1 amide bonds. The lowest BCUT2D eigenvalue weighted by atomic mass is 9.89. The third-order valence-corrected chi connectivity index (χ3v) is 4.94. The normalized spacial score (nSPS) is 27.2. The summed E-state index contributed by atoms with van der Waals surface area (Å²) < 4.78 is 0. The first-order valence-electron chi connectivity index (χ1n) is 8.18. The van der Waals surface area contributed by atoms with E-state index in [1.807, 2.05) is 0 Å². The number of nitrogens with zero attached hydrogens (tertiary/aromatic N) is 1. The summed E-state index contributed by atoms with van der Waals surface area (Å²) in [4.78, 5) is 14.4.